The molecule has 1 aromatic carbocycles. The van der Waals surface area contributed by atoms with Gasteiger partial charge in [-0.3, -0.25) is 0 Å². The molecule has 0 unspecified atom stereocenters. The fraction of sp³-hybridized carbons (Fsp3) is 0.538. The highest BCUT2D eigenvalue weighted by molar-refractivity contribution is 7.89. The Kier molecular flexibility index (Phi) is 4.20. The van der Waals surface area contributed by atoms with Gasteiger partial charge in [-0.15, -0.1) is 0 Å². The van der Waals surface area contributed by atoms with E-state index in [4.69, 9.17) is 5.73 Å². The van der Waals surface area contributed by atoms with Gasteiger partial charge in [-0.25, -0.2) is 17.5 Å². The third kappa shape index (κ3) is 3.28. The summed E-state index contributed by atoms with van der Waals surface area (Å²) in [5.74, 6) is -0.849. The van der Waals surface area contributed by atoms with E-state index in [0.717, 1.165) is 6.07 Å². The van der Waals surface area contributed by atoms with Crippen LogP contribution in [0.5, 0.6) is 0 Å². The molecule has 0 heterocycles. The van der Waals surface area contributed by atoms with Gasteiger partial charge in [0.25, 0.3) is 0 Å². The Morgan fingerprint density at radius 2 is 1.75 bits per heavy atom. The van der Waals surface area contributed by atoms with Crippen molar-refractivity contribution in [2.24, 2.45) is 0 Å². The number of hydrogen-bond donors (Lipinski definition) is 3. The van der Waals surface area contributed by atoms with Gasteiger partial charge in [-0.2, -0.15) is 0 Å². The molecule has 0 bridgehead atoms. The molecule has 0 amide bonds. The molecular formula is C13H21FN2O3S. The van der Waals surface area contributed by atoms with Gasteiger partial charge >= 0.3 is 0 Å². The quantitative estimate of drug-likeness (QED) is 0.736. The van der Waals surface area contributed by atoms with Gasteiger partial charge < -0.3 is 10.8 Å². The van der Waals surface area contributed by atoms with Crippen molar-refractivity contribution in [1.82, 2.24) is 4.72 Å². The summed E-state index contributed by atoms with van der Waals surface area (Å²) in [6, 6.07) is 2.42. The molecule has 114 valence electrons. The molecule has 0 aliphatic carbocycles. The maximum Gasteiger partial charge on any atom is 0.244 e. The van der Waals surface area contributed by atoms with Crippen LogP contribution >= 0.6 is 0 Å². The summed E-state index contributed by atoms with van der Waals surface area (Å²) in [5, 5.41) is 9.99. The fourth-order valence-corrected chi connectivity index (χ4v) is 3.20. The summed E-state index contributed by atoms with van der Waals surface area (Å²) in [6.07, 6.45) is 0. The van der Waals surface area contributed by atoms with Crippen molar-refractivity contribution in [3.63, 3.8) is 0 Å². The fourth-order valence-electron chi connectivity index (χ4n) is 1.48. The summed E-state index contributed by atoms with van der Waals surface area (Å²) in [6.45, 7) is 7.40. The molecule has 0 aromatic heterocycles. The summed E-state index contributed by atoms with van der Waals surface area (Å²) < 4.78 is 40.9. The third-order valence-electron chi connectivity index (χ3n) is 3.45. The Bertz CT molecular complexity index is 619. The second kappa shape index (κ2) is 4.98. The van der Waals surface area contributed by atoms with Crippen LogP contribution in [0.25, 0.3) is 0 Å². The first-order chi connectivity index (χ1) is 8.78. The Hall–Kier alpha value is -1.18. The molecular weight excluding hydrogens is 283 g/mol. The average molecular weight is 304 g/mol. The molecule has 4 N–H and O–H groups in total. The molecule has 0 saturated heterocycles. The molecule has 0 saturated carbocycles. The van der Waals surface area contributed by atoms with Crippen molar-refractivity contribution in [3.05, 3.63) is 23.5 Å². The van der Waals surface area contributed by atoms with Crippen LogP contribution in [-0.4, -0.2) is 24.7 Å². The van der Waals surface area contributed by atoms with Crippen LogP contribution in [0.15, 0.2) is 17.0 Å². The average Bonchev–Trinajstić information content (AvgIpc) is 2.19. The van der Waals surface area contributed by atoms with E-state index in [0.29, 0.717) is 0 Å². The first kappa shape index (κ1) is 16.9. The maximum absolute atomic E-state index is 14.0. The lowest BCUT2D eigenvalue weighted by Crippen LogP contribution is -2.57. The zero-order valence-corrected chi connectivity index (χ0v) is 13.1. The van der Waals surface area contributed by atoms with E-state index in [1.807, 2.05) is 0 Å². The monoisotopic (exact) mass is 304 g/mol. The van der Waals surface area contributed by atoms with E-state index >= 15 is 0 Å². The highest BCUT2D eigenvalue weighted by Crippen LogP contribution is 2.26. The second-order valence-corrected chi connectivity index (χ2v) is 7.59. The first-order valence-electron chi connectivity index (χ1n) is 6.10. The number of aliphatic hydroxyl groups is 1. The minimum atomic E-state index is -4.14. The number of sulfonamides is 1. The molecule has 0 radical (unpaired) electrons. The van der Waals surface area contributed by atoms with Crippen LogP contribution < -0.4 is 10.5 Å². The standard InChI is InChI=1S/C13H21FN2O3S/c1-8-6-9(15)7-10(11(8)14)20(18,19)16-12(2,3)13(4,5)17/h6-7,16-17H,15H2,1-5H3. The van der Waals surface area contributed by atoms with Crippen molar-refractivity contribution in [1.29, 1.82) is 0 Å². The lowest BCUT2D eigenvalue weighted by molar-refractivity contribution is 0.00636. The zero-order chi connectivity index (χ0) is 15.9. The number of halogens is 1. The predicted octanol–water partition coefficient (Wildman–Crippen LogP) is 1.54. The van der Waals surface area contributed by atoms with Crippen molar-refractivity contribution in [2.75, 3.05) is 5.73 Å². The minimum Gasteiger partial charge on any atom is -0.399 e. The van der Waals surface area contributed by atoms with E-state index in [1.54, 1.807) is 0 Å². The second-order valence-electron chi connectivity index (χ2n) is 5.94. The van der Waals surface area contributed by atoms with Crippen molar-refractivity contribution in [2.45, 2.75) is 50.7 Å². The third-order valence-corrected chi connectivity index (χ3v) is 5.11. The highest BCUT2D eigenvalue weighted by Gasteiger charge is 2.39. The number of benzene rings is 1. The van der Waals surface area contributed by atoms with E-state index in [9.17, 15) is 17.9 Å². The lowest BCUT2D eigenvalue weighted by atomic mass is 9.87. The zero-order valence-electron chi connectivity index (χ0n) is 12.3. The van der Waals surface area contributed by atoms with E-state index in [1.165, 1.54) is 40.7 Å². The van der Waals surface area contributed by atoms with Crippen molar-refractivity contribution < 1.29 is 17.9 Å². The normalized spacial score (nSPS) is 13.6. The Morgan fingerprint density at radius 1 is 1.25 bits per heavy atom. The van der Waals surface area contributed by atoms with Crippen LogP contribution in [-0.2, 0) is 10.0 Å². The number of anilines is 1. The largest absolute Gasteiger partial charge is 0.399 e. The van der Waals surface area contributed by atoms with E-state index in [2.05, 4.69) is 4.72 Å². The van der Waals surface area contributed by atoms with Crippen LogP contribution in [0.4, 0.5) is 10.1 Å². The number of nitrogens with two attached hydrogens (primary N) is 1. The van der Waals surface area contributed by atoms with Crippen LogP contribution in [0.3, 0.4) is 0 Å². The maximum atomic E-state index is 14.0. The predicted molar refractivity (Wildman–Crippen MR) is 76.2 cm³/mol. The summed E-state index contributed by atoms with van der Waals surface area (Å²) >= 11 is 0. The van der Waals surface area contributed by atoms with Crippen LogP contribution in [0.1, 0.15) is 33.3 Å². The number of rotatable bonds is 4. The summed E-state index contributed by atoms with van der Waals surface area (Å²) in [4.78, 5) is -0.521. The number of hydrogen-bond acceptors (Lipinski definition) is 4. The van der Waals surface area contributed by atoms with Gasteiger partial charge in [-0.1, -0.05) is 0 Å². The van der Waals surface area contributed by atoms with E-state index in [-0.39, 0.29) is 11.3 Å². The van der Waals surface area contributed by atoms with E-state index < -0.39 is 31.9 Å². The molecule has 0 aliphatic heterocycles. The van der Waals surface area contributed by atoms with Gasteiger partial charge in [0.2, 0.25) is 10.0 Å². The van der Waals surface area contributed by atoms with Crippen molar-refractivity contribution in [3.8, 4) is 0 Å². The van der Waals surface area contributed by atoms with Crippen LogP contribution in [0, 0.1) is 12.7 Å². The first-order valence-corrected chi connectivity index (χ1v) is 7.58. The Morgan fingerprint density at radius 3 is 2.20 bits per heavy atom. The Labute approximate surface area is 119 Å². The topological polar surface area (TPSA) is 92.4 Å². The molecule has 7 heteroatoms. The van der Waals surface area contributed by atoms with Crippen molar-refractivity contribution >= 4 is 15.7 Å². The molecule has 5 nitrogen and oxygen atoms in total. The molecule has 0 fully saturated rings. The van der Waals surface area contributed by atoms with Gasteiger partial charge in [0.15, 0.2) is 0 Å². The van der Waals surface area contributed by atoms with Gasteiger partial charge in [0.1, 0.15) is 10.7 Å². The highest BCUT2D eigenvalue weighted by atomic mass is 32.2. The van der Waals surface area contributed by atoms with Gasteiger partial charge in [-0.05, 0) is 52.3 Å². The SMILES string of the molecule is Cc1cc(N)cc(S(=O)(=O)NC(C)(C)C(C)(C)O)c1F. The number of nitrogen functional groups attached to an aromatic ring is 1. The Balaban J connectivity index is 3.33. The molecule has 0 aliphatic rings. The summed E-state index contributed by atoms with van der Waals surface area (Å²) in [5.41, 5.74) is 3.36. The minimum absolute atomic E-state index is 0.145. The molecule has 1 rings (SSSR count). The smallest absolute Gasteiger partial charge is 0.244 e. The molecule has 0 spiro atoms. The number of nitrogens with one attached hydrogen (secondary N) is 1. The number of aryl methyl sites for hydroxylation is 1. The van der Waals surface area contributed by atoms with Gasteiger partial charge in [0.05, 0.1) is 11.1 Å². The lowest BCUT2D eigenvalue weighted by Gasteiger charge is -2.37. The van der Waals surface area contributed by atoms with Gasteiger partial charge in [0, 0.05) is 5.69 Å². The van der Waals surface area contributed by atoms with Crippen LogP contribution in [0.2, 0.25) is 0 Å². The molecule has 1 aromatic rings. The molecule has 0 atom stereocenters. The molecule has 20 heavy (non-hydrogen) atoms. The summed E-state index contributed by atoms with van der Waals surface area (Å²) in [7, 11) is -4.14.